The lowest BCUT2D eigenvalue weighted by molar-refractivity contribution is 0.958. The van der Waals surface area contributed by atoms with E-state index in [4.69, 9.17) is 11.6 Å². The minimum absolute atomic E-state index is 0.467. The smallest absolute Gasteiger partial charge is 0.247 e. The van der Waals surface area contributed by atoms with Gasteiger partial charge in [0.2, 0.25) is 5.95 Å². The molecule has 0 fully saturated rings. The van der Waals surface area contributed by atoms with Crippen molar-refractivity contribution in [2.24, 2.45) is 0 Å². The Labute approximate surface area is 127 Å². The number of benzene rings is 2. The van der Waals surface area contributed by atoms with Gasteiger partial charge in [0.05, 0.1) is 5.69 Å². The molecule has 0 bridgehead atoms. The fourth-order valence-electron chi connectivity index (χ4n) is 1.98. The Hall–Kier alpha value is -2.46. The van der Waals surface area contributed by atoms with Crippen LogP contribution in [0.15, 0.2) is 54.6 Å². The zero-order valence-corrected chi connectivity index (χ0v) is 12.2. The van der Waals surface area contributed by atoms with E-state index in [0.29, 0.717) is 11.0 Å². The van der Waals surface area contributed by atoms with E-state index >= 15 is 0 Å². The predicted octanol–water partition coefficient (Wildman–Crippen LogP) is 4.24. The molecule has 0 aliphatic carbocycles. The van der Waals surface area contributed by atoms with Crippen molar-refractivity contribution in [1.82, 2.24) is 15.2 Å². The Morgan fingerprint density at radius 2 is 1.62 bits per heavy atom. The molecular weight excluding hydrogens is 284 g/mol. The molecule has 1 N–H and O–H groups in total. The van der Waals surface area contributed by atoms with Crippen LogP contribution < -0.4 is 5.32 Å². The molecule has 1 heterocycles. The summed E-state index contributed by atoms with van der Waals surface area (Å²) < 4.78 is 0. The number of aromatic nitrogens is 3. The maximum atomic E-state index is 5.86. The summed E-state index contributed by atoms with van der Waals surface area (Å²) in [5, 5.41) is 12.2. The summed E-state index contributed by atoms with van der Waals surface area (Å²) in [5.41, 5.74) is 3.49. The molecule has 3 aromatic rings. The van der Waals surface area contributed by atoms with E-state index in [1.165, 1.54) is 0 Å². The van der Waals surface area contributed by atoms with Crippen molar-refractivity contribution in [3.8, 4) is 11.3 Å². The molecule has 0 radical (unpaired) electrons. The second kappa shape index (κ2) is 5.89. The zero-order chi connectivity index (χ0) is 14.7. The third kappa shape index (κ3) is 3.17. The van der Waals surface area contributed by atoms with Gasteiger partial charge in [-0.3, -0.25) is 0 Å². The lowest BCUT2D eigenvalue weighted by atomic mass is 10.1. The summed E-state index contributed by atoms with van der Waals surface area (Å²) in [6, 6.07) is 17.2. The van der Waals surface area contributed by atoms with E-state index in [1.807, 2.05) is 61.5 Å². The van der Waals surface area contributed by atoms with Crippen molar-refractivity contribution in [3.05, 3.63) is 65.3 Å². The molecule has 21 heavy (non-hydrogen) atoms. The Balaban J connectivity index is 1.86. The monoisotopic (exact) mass is 296 g/mol. The van der Waals surface area contributed by atoms with Crippen LogP contribution >= 0.6 is 11.6 Å². The molecule has 0 saturated heterocycles. The van der Waals surface area contributed by atoms with Gasteiger partial charge in [0.25, 0.3) is 0 Å². The SMILES string of the molecule is Cc1nc(Nc2ccc(Cl)cc2)nnc1-c1ccccc1. The molecule has 5 heteroatoms. The van der Waals surface area contributed by atoms with E-state index in [-0.39, 0.29) is 0 Å². The average molecular weight is 297 g/mol. The quantitative estimate of drug-likeness (QED) is 0.785. The first-order valence-corrected chi connectivity index (χ1v) is 6.89. The maximum absolute atomic E-state index is 5.86. The van der Waals surface area contributed by atoms with Crippen molar-refractivity contribution in [3.63, 3.8) is 0 Å². The lowest BCUT2D eigenvalue weighted by Gasteiger charge is -2.07. The van der Waals surface area contributed by atoms with Gasteiger partial charge in [-0.2, -0.15) is 0 Å². The summed E-state index contributed by atoms with van der Waals surface area (Å²) in [6.07, 6.45) is 0. The maximum Gasteiger partial charge on any atom is 0.247 e. The molecule has 0 saturated carbocycles. The fourth-order valence-corrected chi connectivity index (χ4v) is 2.11. The number of hydrogen-bond acceptors (Lipinski definition) is 4. The summed E-state index contributed by atoms with van der Waals surface area (Å²) in [6.45, 7) is 1.92. The molecule has 0 aliphatic heterocycles. The first kappa shape index (κ1) is 13.5. The topological polar surface area (TPSA) is 50.7 Å². The van der Waals surface area contributed by atoms with Crippen molar-refractivity contribution in [1.29, 1.82) is 0 Å². The van der Waals surface area contributed by atoms with Crippen molar-refractivity contribution >= 4 is 23.2 Å². The largest absolute Gasteiger partial charge is 0.323 e. The minimum atomic E-state index is 0.467. The van der Waals surface area contributed by atoms with Gasteiger partial charge in [-0.1, -0.05) is 41.9 Å². The van der Waals surface area contributed by atoms with Crippen molar-refractivity contribution < 1.29 is 0 Å². The summed E-state index contributed by atoms with van der Waals surface area (Å²) in [5.74, 6) is 0.467. The van der Waals surface area contributed by atoms with Crippen LogP contribution in [0.1, 0.15) is 5.69 Å². The van der Waals surface area contributed by atoms with Crippen LogP contribution in [0.2, 0.25) is 5.02 Å². The van der Waals surface area contributed by atoms with Crippen LogP contribution in [-0.4, -0.2) is 15.2 Å². The number of nitrogens with one attached hydrogen (secondary N) is 1. The predicted molar refractivity (Wildman–Crippen MR) is 84.7 cm³/mol. The summed E-state index contributed by atoms with van der Waals surface area (Å²) >= 11 is 5.86. The first-order valence-electron chi connectivity index (χ1n) is 6.52. The number of anilines is 2. The highest BCUT2D eigenvalue weighted by Crippen LogP contribution is 2.21. The Morgan fingerprint density at radius 3 is 2.29 bits per heavy atom. The highest BCUT2D eigenvalue weighted by molar-refractivity contribution is 6.30. The van der Waals surface area contributed by atoms with E-state index in [9.17, 15) is 0 Å². The fraction of sp³-hybridized carbons (Fsp3) is 0.0625. The highest BCUT2D eigenvalue weighted by Gasteiger charge is 2.07. The first-order chi connectivity index (χ1) is 10.2. The second-order valence-corrected chi connectivity index (χ2v) is 5.00. The van der Waals surface area contributed by atoms with Gasteiger partial charge in [-0.15, -0.1) is 10.2 Å². The Morgan fingerprint density at radius 1 is 0.905 bits per heavy atom. The number of hydrogen-bond donors (Lipinski definition) is 1. The van der Waals surface area contributed by atoms with Crippen molar-refractivity contribution in [2.45, 2.75) is 6.92 Å². The van der Waals surface area contributed by atoms with Crippen LogP contribution in [0, 0.1) is 6.92 Å². The number of aryl methyl sites for hydroxylation is 1. The zero-order valence-electron chi connectivity index (χ0n) is 11.4. The molecule has 0 atom stereocenters. The van der Waals surface area contributed by atoms with E-state index in [2.05, 4.69) is 20.5 Å². The van der Waals surface area contributed by atoms with Gasteiger partial charge in [-0.05, 0) is 31.2 Å². The third-order valence-electron chi connectivity index (χ3n) is 3.01. The van der Waals surface area contributed by atoms with Gasteiger partial charge in [0, 0.05) is 16.3 Å². The molecule has 0 spiro atoms. The summed E-state index contributed by atoms with van der Waals surface area (Å²) in [7, 11) is 0. The molecule has 2 aromatic carbocycles. The molecule has 0 amide bonds. The number of halogens is 1. The third-order valence-corrected chi connectivity index (χ3v) is 3.26. The van der Waals surface area contributed by atoms with Gasteiger partial charge in [-0.25, -0.2) is 4.98 Å². The molecule has 104 valence electrons. The van der Waals surface area contributed by atoms with Crippen molar-refractivity contribution in [2.75, 3.05) is 5.32 Å². The van der Waals surface area contributed by atoms with Crippen LogP contribution in [0.25, 0.3) is 11.3 Å². The molecule has 4 nitrogen and oxygen atoms in total. The standard InChI is InChI=1S/C16H13ClN4/c1-11-15(12-5-3-2-4-6-12)20-21-16(18-11)19-14-9-7-13(17)8-10-14/h2-10H,1H3,(H,18,19,21). The second-order valence-electron chi connectivity index (χ2n) is 4.57. The van der Waals surface area contributed by atoms with Crippen LogP contribution in [0.5, 0.6) is 0 Å². The molecule has 0 unspecified atom stereocenters. The number of nitrogens with zero attached hydrogens (tertiary/aromatic N) is 3. The molecular formula is C16H13ClN4. The van der Waals surface area contributed by atoms with E-state index in [0.717, 1.165) is 22.6 Å². The summed E-state index contributed by atoms with van der Waals surface area (Å²) in [4.78, 5) is 4.45. The molecule has 3 rings (SSSR count). The lowest BCUT2D eigenvalue weighted by Crippen LogP contribution is -2.02. The van der Waals surface area contributed by atoms with E-state index < -0.39 is 0 Å². The minimum Gasteiger partial charge on any atom is -0.323 e. The Kier molecular flexibility index (Phi) is 3.79. The van der Waals surface area contributed by atoms with Gasteiger partial charge in [0.15, 0.2) is 0 Å². The van der Waals surface area contributed by atoms with Gasteiger partial charge in [0.1, 0.15) is 5.69 Å². The molecule has 1 aromatic heterocycles. The van der Waals surface area contributed by atoms with E-state index in [1.54, 1.807) is 0 Å². The number of rotatable bonds is 3. The highest BCUT2D eigenvalue weighted by atomic mass is 35.5. The molecule has 0 aliphatic rings. The average Bonchev–Trinajstić information content (AvgIpc) is 2.51. The Bertz CT molecular complexity index is 742. The van der Waals surface area contributed by atoms with Crippen LogP contribution in [0.4, 0.5) is 11.6 Å². The normalized spacial score (nSPS) is 10.4. The van der Waals surface area contributed by atoms with Crippen LogP contribution in [0.3, 0.4) is 0 Å². The van der Waals surface area contributed by atoms with Crippen LogP contribution in [-0.2, 0) is 0 Å². The van der Waals surface area contributed by atoms with Gasteiger partial charge < -0.3 is 5.32 Å². The van der Waals surface area contributed by atoms with Gasteiger partial charge >= 0.3 is 0 Å².